The van der Waals surface area contributed by atoms with Crippen LogP contribution in [0.3, 0.4) is 0 Å². The Labute approximate surface area is 209 Å². The van der Waals surface area contributed by atoms with Crippen LogP contribution in [0.1, 0.15) is 44.7 Å². The Bertz CT molecular complexity index is 1100. The molecule has 0 spiro atoms. The van der Waals surface area contributed by atoms with Gasteiger partial charge in [-0.2, -0.15) is 0 Å². The molecule has 0 aromatic heterocycles. The highest BCUT2D eigenvalue weighted by Crippen LogP contribution is 2.23. The fourth-order valence-corrected chi connectivity index (χ4v) is 4.58. The van der Waals surface area contributed by atoms with Crippen LogP contribution < -0.4 is 14.4 Å². The number of anilines is 1. The summed E-state index contributed by atoms with van der Waals surface area (Å²) in [4.78, 5) is 28.3. The van der Waals surface area contributed by atoms with Crippen LogP contribution in [-0.4, -0.2) is 57.1 Å². The van der Waals surface area contributed by atoms with Crippen LogP contribution >= 0.6 is 0 Å². The van der Waals surface area contributed by atoms with Gasteiger partial charge in [0.05, 0.1) is 19.1 Å². The predicted octanol–water partition coefficient (Wildman–Crippen LogP) is 3.49. The molecule has 0 aliphatic heterocycles. The van der Waals surface area contributed by atoms with Crippen LogP contribution in [-0.2, 0) is 26.2 Å². The number of sulfonamides is 1. The molecule has 1 N–H and O–H groups in total. The van der Waals surface area contributed by atoms with Gasteiger partial charge in [-0.3, -0.25) is 13.9 Å². The summed E-state index contributed by atoms with van der Waals surface area (Å²) >= 11 is 0. The summed E-state index contributed by atoms with van der Waals surface area (Å²) in [6.07, 6.45) is 2.21. The maximum absolute atomic E-state index is 13.7. The van der Waals surface area contributed by atoms with Crippen LogP contribution in [0.4, 0.5) is 5.69 Å². The van der Waals surface area contributed by atoms with Crippen LogP contribution in [0.15, 0.2) is 48.5 Å². The van der Waals surface area contributed by atoms with E-state index in [0.717, 1.165) is 28.1 Å². The normalized spacial score (nSPS) is 13.0. The number of benzene rings is 2. The zero-order chi connectivity index (χ0) is 26.2. The van der Waals surface area contributed by atoms with Gasteiger partial charge in [0, 0.05) is 12.6 Å². The largest absolute Gasteiger partial charge is 0.497 e. The van der Waals surface area contributed by atoms with Crippen molar-refractivity contribution in [3.8, 4) is 5.75 Å². The first-order chi connectivity index (χ1) is 16.5. The minimum absolute atomic E-state index is 0.0423. The molecule has 2 atom stereocenters. The standard InChI is InChI=1S/C26H37N3O5S/c1-7-20(4)27-26(31)24(8-2)28(17-21-11-9-10-19(3)16-21)25(30)18-29(35(6,32)33)22-12-14-23(34-5)15-13-22/h9-16,20,24H,7-8,17-18H2,1-6H3,(H,27,31)/t20-,24+/m1/s1. The van der Waals surface area contributed by atoms with Crippen molar-refractivity contribution in [2.24, 2.45) is 0 Å². The van der Waals surface area contributed by atoms with Crippen LogP contribution in [0, 0.1) is 6.92 Å². The minimum Gasteiger partial charge on any atom is -0.497 e. The second kappa shape index (κ2) is 12.6. The van der Waals surface area contributed by atoms with Crippen molar-refractivity contribution < 1.29 is 22.7 Å². The first-order valence-electron chi connectivity index (χ1n) is 11.8. The number of hydrogen-bond acceptors (Lipinski definition) is 5. The van der Waals surface area contributed by atoms with E-state index < -0.39 is 28.5 Å². The Morgan fingerprint density at radius 3 is 2.23 bits per heavy atom. The Morgan fingerprint density at radius 2 is 1.71 bits per heavy atom. The molecule has 9 heteroatoms. The van der Waals surface area contributed by atoms with Gasteiger partial charge in [0.25, 0.3) is 0 Å². The molecule has 0 saturated heterocycles. The van der Waals surface area contributed by atoms with Crippen LogP contribution in [0.25, 0.3) is 0 Å². The van der Waals surface area contributed by atoms with Crippen molar-refractivity contribution in [2.45, 2.75) is 59.2 Å². The molecule has 0 aliphatic carbocycles. The summed E-state index contributed by atoms with van der Waals surface area (Å²) in [5.41, 5.74) is 2.24. The van der Waals surface area contributed by atoms with Crippen LogP contribution in [0.2, 0.25) is 0 Å². The van der Waals surface area contributed by atoms with Crippen molar-refractivity contribution in [3.05, 3.63) is 59.7 Å². The van der Waals surface area contributed by atoms with Gasteiger partial charge in [0.1, 0.15) is 18.3 Å². The lowest BCUT2D eigenvalue weighted by Crippen LogP contribution is -2.53. The number of hydrogen-bond donors (Lipinski definition) is 1. The van der Waals surface area contributed by atoms with Gasteiger partial charge < -0.3 is 15.0 Å². The van der Waals surface area contributed by atoms with Crippen molar-refractivity contribution in [1.29, 1.82) is 0 Å². The summed E-state index contributed by atoms with van der Waals surface area (Å²) in [5, 5.41) is 2.96. The summed E-state index contributed by atoms with van der Waals surface area (Å²) in [6, 6.07) is 13.4. The van der Waals surface area contributed by atoms with Gasteiger partial charge >= 0.3 is 0 Å². The highest BCUT2D eigenvalue weighted by molar-refractivity contribution is 7.92. The zero-order valence-electron chi connectivity index (χ0n) is 21.4. The predicted molar refractivity (Wildman–Crippen MR) is 139 cm³/mol. The van der Waals surface area contributed by atoms with E-state index in [9.17, 15) is 18.0 Å². The molecule has 0 fully saturated rings. The van der Waals surface area contributed by atoms with E-state index in [2.05, 4.69) is 5.32 Å². The molecule has 2 aromatic carbocycles. The summed E-state index contributed by atoms with van der Waals surface area (Å²) in [6.45, 7) is 7.44. The second-order valence-corrected chi connectivity index (χ2v) is 10.6. The van der Waals surface area contributed by atoms with Crippen molar-refractivity contribution >= 4 is 27.5 Å². The fourth-order valence-electron chi connectivity index (χ4n) is 3.73. The molecule has 35 heavy (non-hydrogen) atoms. The Balaban J connectivity index is 2.43. The quantitative estimate of drug-likeness (QED) is 0.478. The van der Waals surface area contributed by atoms with E-state index in [1.807, 2.05) is 52.0 Å². The summed E-state index contributed by atoms with van der Waals surface area (Å²) in [5.74, 6) is -0.139. The summed E-state index contributed by atoms with van der Waals surface area (Å²) in [7, 11) is -2.26. The van der Waals surface area contributed by atoms with Crippen molar-refractivity contribution in [3.63, 3.8) is 0 Å². The first-order valence-corrected chi connectivity index (χ1v) is 13.6. The smallest absolute Gasteiger partial charge is 0.244 e. The van der Waals surface area contributed by atoms with Gasteiger partial charge in [-0.05, 0) is 56.5 Å². The number of rotatable bonds is 12. The number of amides is 2. The van der Waals surface area contributed by atoms with E-state index in [1.54, 1.807) is 24.3 Å². The third-order valence-corrected chi connectivity index (χ3v) is 7.00. The molecular formula is C26H37N3O5S. The van der Waals surface area contributed by atoms with Gasteiger partial charge in [-0.15, -0.1) is 0 Å². The van der Waals surface area contributed by atoms with E-state index in [4.69, 9.17) is 4.74 Å². The number of nitrogens with zero attached hydrogens (tertiary/aromatic N) is 2. The number of ether oxygens (including phenoxy) is 1. The molecular weight excluding hydrogens is 466 g/mol. The van der Waals surface area contributed by atoms with Gasteiger partial charge in [-0.1, -0.05) is 43.7 Å². The second-order valence-electron chi connectivity index (χ2n) is 8.72. The molecule has 192 valence electrons. The lowest BCUT2D eigenvalue weighted by atomic mass is 10.1. The van der Waals surface area contributed by atoms with Gasteiger partial charge in [0.2, 0.25) is 21.8 Å². The fraction of sp³-hybridized carbons (Fsp3) is 0.462. The number of aryl methyl sites for hydroxylation is 1. The average Bonchev–Trinajstić information content (AvgIpc) is 2.81. The molecule has 2 rings (SSSR count). The molecule has 0 unspecified atom stereocenters. The molecule has 0 radical (unpaired) electrons. The highest BCUT2D eigenvalue weighted by atomic mass is 32.2. The van der Waals surface area contributed by atoms with Crippen molar-refractivity contribution in [1.82, 2.24) is 10.2 Å². The lowest BCUT2D eigenvalue weighted by Gasteiger charge is -2.33. The van der Waals surface area contributed by atoms with Crippen LogP contribution in [0.5, 0.6) is 5.75 Å². The van der Waals surface area contributed by atoms with E-state index in [-0.39, 0.29) is 18.5 Å². The molecule has 0 bridgehead atoms. The molecule has 0 saturated carbocycles. The van der Waals surface area contributed by atoms with E-state index in [0.29, 0.717) is 17.9 Å². The SMILES string of the molecule is CC[C@@H](C)NC(=O)[C@H](CC)N(Cc1cccc(C)c1)C(=O)CN(c1ccc(OC)cc1)S(C)(=O)=O. The molecule has 2 amide bonds. The summed E-state index contributed by atoms with van der Waals surface area (Å²) < 4.78 is 31.5. The van der Waals surface area contributed by atoms with E-state index in [1.165, 1.54) is 12.0 Å². The molecule has 0 heterocycles. The minimum atomic E-state index is -3.78. The molecule has 8 nitrogen and oxygen atoms in total. The lowest BCUT2D eigenvalue weighted by molar-refractivity contribution is -0.140. The zero-order valence-corrected chi connectivity index (χ0v) is 22.3. The number of nitrogens with one attached hydrogen (secondary N) is 1. The Morgan fingerprint density at radius 1 is 1.06 bits per heavy atom. The average molecular weight is 504 g/mol. The number of methoxy groups -OCH3 is 1. The highest BCUT2D eigenvalue weighted by Gasteiger charge is 2.32. The molecule has 2 aromatic rings. The maximum atomic E-state index is 13.7. The van der Waals surface area contributed by atoms with E-state index >= 15 is 0 Å². The maximum Gasteiger partial charge on any atom is 0.244 e. The topological polar surface area (TPSA) is 96.0 Å². The van der Waals surface area contributed by atoms with Crippen molar-refractivity contribution in [2.75, 3.05) is 24.2 Å². The third-order valence-electron chi connectivity index (χ3n) is 5.86. The molecule has 0 aliphatic rings. The Hall–Kier alpha value is -3.07. The third kappa shape index (κ3) is 7.99. The monoisotopic (exact) mass is 503 g/mol. The van der Waals surface area contributed by atoms with Gasteiger partial charge in [-0.25, -0.2) is 8.42 Å². The number of carbonyl (C=O) groups is 2. The van der Waals surface area contributed by atoms with Gasteiger partial charge in [0.15, 0.2) is 0 Å². The Kier molecular flexibility index (Phi) is 10.1. The number of carbonyl (C=O) groups excluding carboxylic acids is 2. The first kappa shape index (κ1) is 28.2.